The average Bonchev–Trinajstić information content (AvgIpc) is 2.42. The van der Waals surface area contributed by atoms with Gasteiger partial charge in [0, 0.05) is 5.56 Å². The lowest BCUT2D eigenvalue weighted by Gasteiger charge is -2.44. The van der Waals surface area contributed by atoms with Crippen molar-refractivity contribution >= 4 is 20.0 Å². The highest BCUT2D eigenvalue weighted by Crippen LogP contribution is 2.39. The van der Waals surface area contributed by atoms with Crippen LogP contribution >= 0.6 is 0 Å². The lowest BCUT2D eigenvalue weighted by molar-refractivity contribution is -0.138. The molecule has 0 spiro atoms. The van der Waals surface area contributed by atoms with Gasteiger partial charge in [-0.2, -0.15) is 0 Å². The number of hydrogen-bond acceptors (Lipinski definition) is 3. The third-order valence-corrected chi connectivity index (χ3v) is 9.67. The minimum Gasteiger partial charge on any atom is -0.413 e. The van der Waals surface area contributed by atoms with E-state index in [4.69, 9.17) is 4.43 Å². The molecule has 1 amide bonds. The van der Waals surface area contributed by atoms with Crippen LogP contribution < -0.4 is 5.32 Å². The third kappa shape index (κ3) is 3.56. The van der Waals surface area contributed by atoms with Crippen molar-refractivity contribution in [2.24, 2.45) is 5.92 Å². The third-order valence-electron chi connectivity index (χ3n) is 5.09. The molecular weight excluding hydrogens is 306 g/mol. The van der Waals surface area contributed by atoms with Crippen molar-refractivity contribution in [3.8, 4) is 0 Å². The number of Topliss-reactive ketones (excluding diaryl/α,β-unsaturated/α-hetero) is 1. The number of ketones is 1. The molecule has 5 heteroatoms. The Labute approximate surface area is 139 Å². The van der Waals surface area contributed by atoms with Crippen molar-refractivity contribution in [1.29, 1.82) is 0 Å². The molecule has 23 heavy (non-hydrogen) atoms. The second-order valence-electron chi connectivity index (χ2n) is 7.83. The number of carbonyl (C=O) groups excluding carboxylic acids is 2. The molecule has 0 unspecified atom stereocenters. The van der Waals surface area contributed by atoms with Crippen LogP contribution in [0.4, 0.5) is 0 Å². The molecule has 1 aromatic rings. The van der Waals surface area contributed by atoms with Gasteiger partial charge in [0.15, 0.2) is 14.1 Å². The van der Waals surface area contributed by atoms with Gasteiger partial charge in [-0.05, 0) is 25.1 Å². The van der Waals surface area contributed by atoms with Crippen LogP contribution in [0.5, 0.6) is 0 Å². The molecule has 4 nitrogen and oxygen atoms in total. The highest BCUT2D eigenvalue weighted by Gasteiger charge is 2.50. The topological polar surface area (TPSA) is 55.4 Å². The van der Waals surface area contributed by atoms with Crippen molar-refractivity contribution in [2.75, 3.05) is 0 Å². The highest BCUT2D eigenvalue weighted by atomic mass is 28.4. The maximum absolute atomic E-state index is 12.6. The molecule has 1 heterocycles. The van der Waals surface area contributed by atoms with Gasteiger partial charge in [0.25, 0.3) is 0 Å². The van der Waals surface area contributed by atoms with Gasteiger partial charge in [-0.1, -0.05) is 51.1 Å². The largest absolute Gasteiger partial charge is 0.413 e. The average molecular weight is 334 g/mol. The zero-order valence-electron chi connectivity index (χ0n) is 14.8. The van der Waals surface area contributed by atoms with E-state index in [-0.39, 0.29) is 22.8 Å². The molecule has 0 bridgehead atoms. The van der Waals surface area contributed by atoms with Crippen LogP contribution in [-0.2, 0) is 9.22 Å². The number of β-lactam (4-membered cyclic amide) rings is 1. The summed E-state index contributed by atoms with van der Waals surface area (Å²) in [6, 6.07) is 8.62. The summed E-state index contributed by atoms with van der Waals surface area (Å²) in [6.07, 6.45) is -0.262. The van der Waals surface area contributed by atoms with Gasteiger partial charge < -0.3 is 9.74 Å². The van der Waals surface area contributed by atoms with Crippen molar-refractivity contribution in [1.82, 2.24) is 5.32 Å². The number of carbonyl (C=O) groups is 2. The predicted octanol–water partition coefficient (Wildman–Crippen LogP) is 3.39. The molecule has 1 aliphatic rings. The predicted molar refractivity (Wildman–Crippen MR) is 93.9 cm³/mol. The summed E-state index contributed by atoms with van der Waals surface area (Å²) in [7, 11) is -1.98. The molecule has 1 aliphatic heterocycles. The van der Waals surface area contributed by atoms with E-state index in [1.165, 1.54) is 0 Å². The SMILES string of the molecule is C[C@@H](O[Si](C)(C)C(C)(C)C)[C@H]1C(=O)N[C@H]1C(=O)c1ccccc1. The van der Waals surface area contributed by atoms with E-state index in [0.29, 0.717) is 5.56 Å². The molecular formula is C18H27NO3Si. The van der Waals surface area contributed by atoms with Crippen LogP contribution in [-0.4, -0.2) is 32.2 Å². The lowest BCUT2D eigenvalue weighted by atomic mass is 9.81. The number of amides is 1. The van der Waals surface area contributed by atoms with Gasteiger partial charge in [0.2, 0.25) is 5.91 Å². The fourth-order valence-electron chi connectivity index (χ4n) is 2.60. The summed E-state index contributed by atoms with van der Waals surface area (Å²) in [5.41, 5.74) is 0.627. The summed E-state index contributed by atoms with van der Waals surface area (Å²) in [6.45, 7) is 12.7. The highest BCUT2D eigenvalue weighted by molar-refractivity contribution is 6.74. The Morgan fingerprint density at radius 2 is 1.78 bits per heavy atom. The van der Waals surface area contributed by atoms with Crippen molar-refractivity contribution < 1.29 is 14.0 Å². The van der Waals surface area contributed by atoms with Crippen molar-refractivity contribution in [3.63, 3.8) is 0 Å². The molecule has 126 valence electrons. The molecule has 1 N–H and O–H groups in total. The fourth-order valence-corrected chi connectivity index (χ4v) is 4.03. The molecule has 0 aliphatic carbocycles. The quantitative estimate of drug-likeness (QED) is 0.510. The summed E-state index contributed by atoms with van der Waals surface area (Å²) in [5, 5.41) is 2.81. The maximum Gasteiger partial charge on any atom is 0.228 e. The Kier molecular flexibility index (Phi) is 4.83. The van der Waals surface area contributed by atoms with Gasteiger partial charge in [-0.3, -0.25) is 9.59 Å². The number of hydrogen-bond donors (Lipinski definition) is 1. The van der Waals surface area contributed by atoms with E-state index >= 15 is 0 Å². The van der Waals surface area contributed by atoms with Gasteiger partial charge in [0.1, 0.15) is 6.04 Å². The van der Waals surface area contributed by atoms with E-state index in [9.17, 15) is 9.59 Å². The van der Waals surface area contributed by atoms with Crippen LogP contribution in [0.1, 0.15) is 38.1 Å². The fraction of sp³-hybridized carbons (Fsp3) is 0.556. The van der Waals surface area contributed by atoms with Crippen molar-refractivity contribution in [2.45, 2.75) is 58.0 Å². The summed E-state index contributed by atoms with van der Waals surface area (Å²) in [5.74, 6) is -0.539. The second kappa shape index (κ2) is 6.21. The standard InChI is InChI=1S/C18H27NO3Si/c1-12(22-23(5,6)18(2,3)4)14-15(19-17(14)21)16(20)13-10-8-7-9-11-13/h7-12,14-15H,1-6H3,(H,19,21)/t12-,14-,15-/m1/s1. The second-order valence-corrected chi connectivity index (χ2v) is 12.6. The Hall–Kier alpha value is -1.46. The molecule has 0 saturated carbocycles. The van der Waals surface area contributed by atoms with Crippen molar-refractivity contribution in [3.05, 3.63) is 35.9 Å². The molecule has 0 aromatic heterocycles. The van der Waals surface area contributed by atoms with Crippen LogP contribution in [0.2, 0.25) is 18.1 Å². The zero-order valence-corrected chi connectivity index (χ0v) is 15.8. The summed E-state index contributed by atoms with van der Waals surface area (Å²) < 4.78 is 6.32. The van der Waals surface area contributed by atoms with Crippen LogP contribution in [0, 0.1) is 5.92 Å². The van der Waals surface area contributed by atoms with Gasteiger partial charge in [-0.25, -0.2) is 0 Å². The molecule has 1 fully saturated rings. The lowest BCUT2D eigenvalue weighted by Crippen LogP contribution is -2.66. The van der Waals surface area contributed by atoms with E-state index in [1.54, 1.807) is 12.1 Å². The van der Waals surface area contributed by atoms with Crippen LogP contribution in [0.15, 0.2) is 30.3 Å². The molecule has 3 atom stereocenters. The zero-order chi connectivity index (χ0) is 17.4. The first-order chi connectivity index (χ1) is 10.5. The van der Waals surface area contributed by atoms with E-state index in [1.807, 2.05) is 25.1 Å². The van der Waals surface area contributed by atoms with E-state index in [0.717, 1.165) is 0 Å². The van der Waals surface area contributed by atoms with Gasteiger partial charge >= 0.3 is 0 Å². The Balaban J connectivity index is 2.12. The first-order valence-corrected chi connectivity index (χ1v) is 11.0. The Bertz CT molecular complexity index is 592. The van der Waals surface area contributed by atoms with Crippen LogP contribution in [0.25, 0.3) is 0 Å². The maximum atomic E-state index is 12.6. The summed E-state index contributed by atoms with van der Waals surface area (Å²) in [4.78, 5) is 24.6. The minimum absolute atomic E-state index is 0.0409. The molecule has 2 rings (SSSR count). The van der Waals surface area contributed by atoms with Gasteiger partial charge in [0.05, 0.1) is 12.0 Å². The Morgan fingerprint density at radius 3 is 2.26 bits per heavy atom. The normalized spacial score (nSPS) is 23.0. The first-order valence-electron chi connectivity index (χ1n) is 8.12. The first kappa shape index (κ1) is 17.9. The van der Waals surface area contributed by atoms with Crippen LogP contribution in [0.3, 0.4) is 0 Å². The molecule has 1 aromatic carbocycles. The number of benzene rings is 1. The van der Waals surface area contributed by atoms with E-state index in [2.05, 4.69) is 39.2 Å². The van der Waals surface area contributed by atoms with E-state index < -0.39 is 20.3 Å². The monoisotopic (exact) mass is 333 g/mol. The molecule has 1 saturated heterocycles. The Morgan fingerprint density at radius 1 is 1.22 bits per heavy atom. The number of nitrogens with one attached hydrogen (secondary N) is 1. The molecule has 0 radical (unpaired) electrons. The summed E-state index contributed by atoms with van der Waals surface area (Å²) >= 11 is 0. The smallest absolute Gasteiger partial charge is 0.228 e. The number of rotatable bonds is 5. The minimum atomic E-state index is -1.98. The van der Waals surface area contributed by atoms with Gasteiger partial charge in [-0.15, -0.1) is 0 Å².